The first-order chi connectivity index (χ1) is 9.88. The molecular weight excluding hydrogens is 281 g/mol. The molecule has 0 aliphatic carbocycles. The second-order valence-electron chi connectivity index (χ2n) is 4.37. The molecule has 0 fully saturated rings. The van der Waals surface area contributed by atoms with Gasteiger partial charge in [-0.15, -0.1) is 0 Å². The molecule has 0 saturated carbocycles. The fourth-order valence-corrected chi connectivity index (χ4v) is 1.96. The van der Waals surface area contributed by atoms with E-state index in [9.17, 15) is 13.2 Å². The van der Waals surface area contributed by atoms with Gasteiger partial charge in [0.25, 0.3) is 0 Å². The third-order valence-corrected chi connectivity index (χ3v) is 3.14. The molecule has 0 spiro atoms. The van der Waals surface area contributed by atoms with E-state index >= 15 is 0 Å². The van der Waals surface area contributed by atoms with Gasteiger partial charge in [-0.1, -0.05) is 12.1 Å². The molecule has 7 heteroatoms. The summed E-state index contributed by atoms with van der Waals surface area (Å²) in [6, 6.07) is 7.94. The molecule has 0 N–H and O–H groups in total. The van der Waals surface area contributed by atoms with Crippen LogP contribution in [-0.4, -0.2) is 9.55 Å². The van der Waals surface area contributed by atoms with Gasteiger partial charge in [0.1, 0.15) is 12.1 Å². The van der Waals surface area contributed by atoms with Crippen LogP contribution in [0.25, 0.3) is 0 Å². The Morgan fingerprint density at radius 2 is 1.76 bits per heavy atom. The predicted molar refractivity (Wildman–Crippen MR) is 66.9 cm³/mol. The summed E-state index contributed by atoms with van der Waals surface area (Å²) >= 11 is 0. The van der Waals surface area contributed by atoms with Gasteiger partial charge in [0.15, 0.2) is 11.4 Å². The topological polar surface area (TPSA) is 65.4 Å². The van der Waals surface area contributed by atoms with E-state index < -0.39 is 17.8 Å². The van der Waals surface area contributed by atoms with Crippen molar-refractivity contribution in [2.24, 2.45) is 0 Å². The molecule has 1 aromatic heterocycles. The van der Waals surface area contributed by atoms with Crippen molar-refractivity contribution in [2.75, 3.05) is 0 Å². The molecule has 0 amide bonds. The average Bonchev–Trinajstić information content (AvgIpc) is 2.88. The molecule has 1 heterocycles. The third-order valence-electron chi connectivity index (χ3n) is 3.14. The van der Waals surface area contributed by atoms with Crippen LogP contribution in [0.5, 0.6) is 0 Å². The number of alkyl halides is 3. The molecule has 4 nitrogen and oxygen atoms in total. The number of nitriles is 2. The van der Waals surface area contributed by atoms with Crippen LogP contribution in [0.15, 0.2) is 30.6 Å². The fourth-order valence-electron chi connectivity index (χ4n) is 1.96. The van der Waals surface area contributed by atoms with Crippen molar-refractivity contribution < 1.29 is 13.2 Å². The van der Waals surface area contributed by atoms with Gasteiger partial charge >= 0.3 is 6.18 Å². The third kappa shape index (κ3) is 2.72. The van der Waals surface area contributed by atoms with Gasteiger partial charge in [-0.05, 0) is 24.6 Å². The summed E-state index contributed by atoms with van der Waals surface area (Å²) in [7, 11) is 0. The van der Waals surface area contributed by atoms with Gasteiger partial charge in [0.2, 0.25) is 0 Å². The highest BCUT2D eigenvalue weighted by Gasteiger charge is 2.30. The van der Waals surface area contributed by atoms with Crippen LogP contribution in [0.1, 0.15) is 35.5 Å². The maximum Gasteiger partial charge on any atom is 0.416 e. The number of hydrogen-bond donors (Lipinski definition) is 0. The second-order valence-corrected chi connectivity index (χ2v) is 4.37. The maximum atomic E-state index is 12.5. The van der Waals surface area contributed by atoms with E-state index in [0.717, 1.165) is 12.1 Å². The first kappa shape index (κ1) is 14.6. The van der Waals surface area contributed by atoms with Crippen LogP contribution in [-0.2, 0) is 6.18 Å². The molecule has 1 atom stereocenters. The molecule has 1 unspecified atom stereocenters. The molecule has 2 aromatic rings. The zero-order valence-electron chi connectivity index (χ0n) is 10.9. The highest BCUT2D eigenvalue weighted by molar-refractivity contribution is 5.38. The number of hydrogen-bond acceptors (Lipinski definition) is 3. The summed E-state index contributed by atoms with van der Waals surface area (Å²) in [5.74, 6) is 0. The Kier molecular flexibility index (Phi) is 3.68. The van der Waals surface area contributed by atoms with Gasteiger partial charge in [-0.25, -0.2) is 4.98 Å². The minimum atomic E-state index is -4.39. The van der Waals surface area contributed by atoms with Crippen molar-refractivity contribution in [3.63, 3.8) is 0 Å². The number of imidazole rings is 1. The fraction of sp³-hybridized carbons (Fsp3) is 0.214. The van der Waals surface area contributed by atoms with Gasteiger partial charge in [-0.3, -0.25) is 0 Å². The number of aromatic nitrogens is 2. The molecule has 2 rings (SSSR count). The lowest BCUT2D eigenvalue weighted by Crippen LogP contribution is -2.09. The summed E-state index contributed by atoms with van der Waals surface area (Å²) in [5, 5.41) is 17.9. The van der Waals surface area contributed by atoms with Crippen molar-refractivity contribution in [3.8, 4) is 12.1 Å². The summed E-state index contributed by atoms with van der Waals surface area (Å²) in [6.07, 6.45) is -3.05. The molecule has 106 valence electrons. The summed E-state index contributed by atoms with van der Waals surface area (Å²) < 4.78 is 39.0. The SMILES string of the molecule is CC(c1ccc(C(F)(F)F)cc1)n1cnc(C#N)c1C#N. The van der Waals surface area contributed by atoms with Crippen LogP contribution >= 0.6 is 0 Å². The Hall–Kier alpha value is -2.80. The predicted octanol–water partition coefficient (Wildman–Crippen LogP) is 3.25. The molecule has 0 saturated heterocycles. The molecule has 0 aliphatic heterocycles. The zero-order chi connectivity index (χ0) is 15.6. The standard InChI is InChI=1S/C14H9F3N4/c1-9(21-8-20-12(6-18)13(21)7-19)10-2-4-11(5-3-10)14(15,16)17/h2-5,8-9H,1H3. The van der Waals surface area contributed by atoms with Crippen LogP contribution < -0.4 is 0 Å². The highest BCUT2D eigenvalue weighted by Crippen LogP contribution is 2.30. The van der Waals surface area contributed by atoms with E-state index in [1.54, 1.807) is 13.0 Å². The van der Waals surface area contributed by atoms with Crippen LogP contribution in [0, 0.1) is 22.7 Å². The minimum absolute atomic E-state index is 0.00346. The molecule has 21 heavy (non-hydrogen) atoms. The van der Waals surface area contributed by atoms with E-state index in [0.29, 0.717) is 5.56 Å². The van der Waals surface area contributed by atoms with E-state index in [-0.39, 0.29) is 11.4 Å². The molecular formula is C14H9F3N4. The van der Waals surface area contributed by atoms with E-state index in [1.165, 1.54) is 23.0 Å². The van der Waals surface area contributed by atoms with Gasteiger partial charge in [0.05, 0.1) is 17.9 Å². The van der Waals surface area contributed by atoms with Gasteiger partial charge in [0, 0.05) is 0 Å². The Morgan fingerprint density at radius 1 is 1.14 bits per heavy atom. The van der Waals surface area contributed by atoms with Crippen molar-refractivity contribution in [2.45, 2.75) is 19.1 Å². The van der Waals surface area contributed by atoms with Crippen LogP contribution in [0.2, 0.25) is 0 Å². The van der Waals surface area contributed by atoms with Crippen molar-refractivity contribution in [1.82, 2.24) is 9.55 Å². The monoisotopic (exact) mass is 290 g/mol. The van der Waals surface area contributed by atoms with E-state index in [4.69, 9.17) is 10.5 Å². The Bertz CT molecular complexity index is 730. The second kappa shape index (κ2) is 5.29. The van der Waals surface area contributed by atoms with Crippen LogP contribution in [0.4, 0.5) is 13.2 Å². The Labute approximate surface area is 118 Å². The lowest BCUT2D eigenvalue weighted by atomic mass is 10.1. The Balaban J connectivity index is 2.38. The van der Waals surface area contributed by atoms with Crippen LogP contribution in [0.3, 0.4) is 0 Å². The summed E-state index contributed by atoms with van der Waals surface area (Å²) in [4.78, 5) is 3.81. The zero-order valence-corrected chi connectivity index (χ0v) is 10.9. The quantitative estimate of drug-likeness (QED) is 0.852. The van der Waals surface area contributed by atoms with Gasteiger partial charge < -0.3 is 4.57 Å². The summed E-state index contributed by atoms with van der Waals surface area (Å²) in [6.45, 7) is 1.71. The number of benzene rings is 1. The number of nitrogens with zero attached hydrogens (tertiary/aromatic N) is 4. The molecule has 1 aromatic carbocycles. The smallest absolute Gasteiger partial charge is 0.314 e. The van der Waals surface area contributed by atoms with Crippen molar-refractivity contribution in [3.05, 3.63) is 53.1 Å². The minimum Gasteiger partial charge on any atom is -0.314 e. The van der Waals surface area contributed by atoms with Crippen molar-refractivity contribution >= 4 is 0 Å². The van der Waals surface area contributed by atoms with E-state index in [1.807, 2.05) is 6.07 Å². The highest BCUT2D eigenvalue weighted by atomic mass is 19.4. The number of halogens is 3. The van der Waals surface area contributed by atoms with Gasteiger partial charge in [-0.2, -0.15) is 23.7 Å². The number of rotatable bonds is 2. The lowest BCUT2D eigenvalue weighted by Gasteiger charge is -2.15. The van der Waals surface area contributed by atoms with Crippen molar-refractivity contribution in [1.29, 1.82) is 10.5 Å². The molecule has 0 aliphatic rings. The molecule has 0 bridgehead atoms. The first-order valence-electron chi connectivity index (χ1n) is 5.92. The average molecular weight is 290 g/mol. The maximum absolute atomic E-state index is 12.5. The Morgan fingerprint density at radius 3 is 2.24 bits per heavy atom. The largest absolute Gasteiger partial charge is 0.416 e. The molecule has 0 radical (unpaired) electrons. The summed E-state index contributed by atoms with van der Waals surface area (Å²) in [5.41, 5.74) is -0.0650. The van der Waals surface area contributed by atoms with E-state index in [2.05, 4.69) is 4.98 Å². The first-order valence-corrected chi connectivity index (χ1v) is 5.92. The lowest BCUT2D eigenvalue weighted by molar-refractivity contribution is -0.137. The normalized spacial score (nSPS) is 12.5.